The molecule has 0 saturated carbocycles. The topological polar surface area (TPSA) is 83.5 Å². The molecule has 0 aliphatic carbocycles. The molecule has 1 saturated heterocycles. The summed E-state index contributed by atoms with van der Waals surface area (Å²) in [7, 11) is 0. The quantitative estimate of drug-likeness (QED) is 0.330. The zero-order valence-electron chi connectivity index (χ0n) is 7.84. The normalized spacial score (nSPS) is 25.9. The van der Waals surface area contributed by atoms with Crippen LogP contribution in [0.2, 0.25) is 0 Å². The summed E-state index contributed by atoms with van der Waals surface area (Å²) in [6.07, 6.45) is 2.95. The number of hydrogen-bond acceptors (Lipinski definition) is 3. The van der Waals surface area contributed by atoms with Gasteiger partial charge in [0, 0.05) is 18.6 Å². The standard InChI is InChI=1S/C8H16N4O/c1-2-7-5-6(3-4-13-7)11-12-8(9)10/h7H,2-5H2,1H3,(H4,9,10,12). The van der Waals surface area contributed by atoms with Crippen LogP contribution in [0.15, 0.2) is 5.10 Å². The number of guanidine groups is 1. The minimum Gasteiger partial charge on any atom is -0.377 e. The van der Waals surface area contributed by atoms with Crippen LogP contribution in [0.4, 0.5) is 0 Å². The van der Waals surface area contributed by atoms with Crippen molar-refractivity contribution in [1.29, 1.82) is 5.41 Å². The highest BCUT2D eigenvalue weighted by molar-refractivity contribution is 5.87. The van der Waals surface area contributed by atoms with Gasteiger partial charge in [-0.15, -0.1) is 0 Å². The van der Waals surface area contributed by atoms with Crippen molar-refractivity contribution >= 4 is 11.7 Å². The van der Waals surface area contributed by atoms with E-state index in [0.717, 1.165) is 31.6 Å². The number of rotatable bonds is 2. The molecule has 4 N–H and O–H groups in total. The minimum atomic E-state index is -0.118. The van der Waals surface area contributed by atoms with Crippen LogP contribution in [0.25, 0.3) is 0 Å². The van der Waals surface area contributed by atoms with Gasteiger partial charge >= 0.3 is 0 Å². The van der Waals surface area contributed by atoms with Gasteiger partial charge in [-0.05, 0) is 6.42 Å². The Hall–Kier alpha value is -1.10. The van der Waals surface area contributed by atoms with E-state index in [1.807, 2.05) is 0 Å². The summed E-state index contributed by atoms with van der Waals surface area (Å²) in [4.78, 5) is 0. The van der Waals surface area contributed by atoms with E-state index in [0.29, 0.717) is 0 Å². The average molecular weight is 184 g/mol. The first-order valence-corrected chi connectivity index (χ1v) is 4.49. The van der Waals surface area contributed by atoms with Crippen LogP contribution in [-0.4, -0.2) is 24.4 Å². The Kier molecular flexibility index (Phi) is 3.70. The van der Waals surface area contributed by atoms with Crippen molar-refractivity contribution in [3.63, 3.8) is 0 Å². The second-order valence-corrected chi connectivity index (χ2v) is 3.06. The third-order valence-corrected chi connectivity index (χ3v) is 2.00. The third-order valence-electron chi connectivity index (χ3n) is 2.00. The highest BCUT2D eigenvalue weighted by atomic mass is 16.5. The number of ether oxygens (including phenoxy) is 1. The van der Waals surface area contributed by atoms with Crippen molar-refractivity contribution in [3.05, 3.63) is 0 Å². The van der Waals surface area contributed by atoms with Crippen LogP contribution in [0.3, 0.4) is 0 Å². The SMILES string of the molecule is CCC1CC(=NNC(=N)N)CCO1. The Morgan fingerprint density at radius 1 is 1.85 bits per heavy atom. The highest BCUT2D eigenvalue weighted by Gasteiger charge is 2.16. The van der Waals surface area contributed by atoms with Crippen molar-refractivity contribution in [2.45, 2.75) is 32.3 Å². The molecule has 1 atom stereocenters. The largest absolute Gasteiger partial charge is 0.377 e. The Labute approximate surface area is 77.8 Å². The summed E-state index contributed by atoms with van der Waals surface area (Å²) < 4.78 is 5.47. The van der Waals surface area contributed by atoms with E-state index in [2.05, 4.69) is 17.5 Å². The zero-order chi connectivity index (χ0) is 9.68. The van der Waals surface area contributed by atoms with Crippen molar-refractivity contribution in [2.75, 3.05) is 6.61 Å². The average Bonchev–Trinajstić information content (AvgIpc) is 2.15. The molecular formula is C8H16N4O. The fourth-order valence-corrected chi connectivity index (χ4v) is 1.27. The van der Waals surface area contributed by atoms with Gasteiger partial charge in [0.2, 0.25) is 5.96 Å². The van der Waals surface area contributed by atoms with E-state index >= 15 is 0 Å². The first kappa shape index (κ1) is 9.98. The molecule has 74 valence electrons. The summed E-state index contributed by atoms with van der Waals surface area (Å²) >= 11 is 0. The Morgan fingerprint density at radius 3 is 3.23 bits per heavy atom. The maximum atomic E-state index is 6.94. The van der Waals surface area contributed by atoms with E-state index in [1.165, 1.54) is 0 Å². The number of hydrazone groups is 1. The van der Waals surface area contributed by atoms with E-state index < -0.39 is 0 Å². The summed E-state index contributed by atoms with van der Waals surface area (Å²) in [6, 6.07) is 0. The lowest BCUT2D eigenvalue weighted by Crippen LogP contribution is -2.30. The Bertz CT molecular complexity index is 214. The van der Waals surface area contributed by atoms with Gasteiger partial charge in [0.1, 0.15) is 0 Å². The number of nitrogens with two attached hydrogens (primary N) is 1. The van der Waals surface area contributed by atoms with Gasteiger partial charge in [-0.3, -0.25) is 5.41 Å². The lowest BCUT2D eigenvalue weighted by Gasteiger charge is -2.22. The monoisotopic (exact) mass is 184 g/mol. The van der Waals surface area contributed by atoms with Crippen LogP contribution in [0, 0.1) is 5.41 Å². The molecule has 0 bridgehead atoms. The molecule has 5 nitrogen and oxygen atoms in total. The molecule has 13 heavy (non-hydrogen) atoms. The predicted octanol–water partition coefficient (Wildman–Crippen LogP) is 0.414. The van der Waals surface area contributed by atoms with Crippen molar-refractivity contribution in [1.82, 2.24) is 5.43 Å². The van der Waals surface area contributed by atoms with Gasteiger partial charge in [-0.1, -0.05) is 6.92 Å². The maximum absolute atomic E-state index is 6.94. The van der Waals surface area contributed by atoms with E-state index in [4.69, 9.17) is 15.9 Å². The summed E-state index contributed by atoms with van der Waals surface area (Å²) in [6.45, 7) is 2.81. The first-order valence-electron chi connectivity index (χ1n) is 4.49. The molecule has 1 heterocycles. The molecule has 1 aliphatic rings. The molecule has 0 aromatic carbocycles. The summed E-state index contributed by atoms with van der Waals surface area (Å²) in [5, 5.41) is 11.0. The molecule has 1 aliphatic heterocycles. The van der Waals surface area contributed by atoms with Crippen LogP contribution in [0.1, 0.15) is 26.2 Å². The lowest BCUT2D eigenvalue weighted by atomic mass is 10.1. The van der Waals surface area contributed by atoms with E-state index in [9.17, 15) is 0 Å². The predicted molar refractivity (Wildman–Crippen MR) is 51.7 cm³/mol. The third kappa shape index (κ3) is 3.42. The Balaban J connectivity index is 2.41. The van der Waals surface area contributed by atoms with Crippen LogP contribution in [0.5, 0.6) is 0 Å². The molecule has 0 radical (unpaired) electrons. The summed E-state index contributed by atoms with van der Waals surface area (Å²) in [5.41, 5.74) is 8.60. The van der Waals surface area contributed by atoms with Gasteiger partial charge < -0.3 is 10.5 Å². The number of nitrogens with one attached hydrogen (secondary N) is 2. The number of hydrogen-bond donors (Lipinski definition) is 3. The smallest absolute Gasteiger partial charge is 0.206 e. The second-order valence-electron chi connectivity index (χ2n) is 3.06. The maximum Gasteiger partial charge on any atom is 0.206 e. The minimum absolute atomic E-state index is 0.118. The van der Waals surface area contributed by atoms with Crippen LogP contribution >= 0.6 is 0 Å². The molecule has 0 amide bonds. The van der Waals surface area contributed by atoms with Crippen LogP contribution in [-0.2, 0) is 4.74 Å². The first-order chi connectivity index (χ1) is 6.22. The molecule has 1 rings (SSSR count). The van der Waals surface area contributed by atoms with Crippen molar-refractivity contribution in [3.8, 4) is 0 Å². The molecule has 5 heteroatoms. The Morgan fingerprint density at radius 2 is 2.62 bits per heavy atom. The van der Waals surface area contributed by atoms with E-state index in [1.54, 1.807) is 0 Å². The van der Waals surface area contributed by atoms with Gasteiger partial charge in [-0.2, -0.15) is 5.10 Å². The lowest BCUT2D eigenvalue weighted by molar-refractivity contribution is 0.0478. The molecule has 0 aromatic heterocycles. The highest BCUT2D eigenvalue weighted by Crippen LogP contribution is 2.13. The van der Waals surface area contributed by atoms with Crippen molar-refractivity contribution < 1.29 is 4.74 Å². The molecule has 1 unspecified atom stereocenters. The van der Waals surface area contributed by atoms with Gasteiger partial charge in [0.15, 0.2) is 0 Å². The van der Waals surface area contributed by atoms with Crippen molar-refractivity contribution in [2.24, 2.45) is 10.8 Å². The second kappa shape index (κ2) is 4.81. The molecule has 0 aromatic rings. The molecular weight excluding hydrogens is 168 g/mol. The fraction of sp³-hybridized carbons (Fsp3) is 0.750. The summed E-state index contributed by atoms with van der Waals surface area (Å²) in [5.74, 6) is -0.118. The van der Waals surface area contributed by atoms with E-state index in [-0.39, 0.29) is 12.1 Å². The number of nitrogens with zero attached hydrogens (tertiary/aromatic N) is 1. The molecule has 1 fully saturated rings. The van der Waals surface area contributed by atoms with Gasteiger partial charge in [0.05, 0.1) is 12.7 Å². The van der Waals surface area contributed by atoms with Crippen LogP contribution < -0.4 is 11.2 Å². The fourth-order valence-electron chi connectivity index (χ4n) is 1.27. The van der Waals surface area contributed by atoms with Gasteiger partial charge in [-0.25, -0.2) is 5.43 Å². The zero-order valence-corrected chi connectivity index (χ0v) is 7.84. The van der Waals surface area contributed by atoms with Gasteiger partial charge in [0.25, 0.3) is 0 Å². The molecule has 0 spiro atoms.